The average Bonchev–Trinajstić information content (AvgIpc) is 3.06. The maximum absolute atomic E-state index is 13.6. The Balaban J connectivity index is 2.04. The van der Waals surface area contributed by atoms with Gasteiger partial charge in [0.05, 0.1) is 11.8 Å². The molecule has 1 aromatic carbocycles. The highest BCUT2D eigenvalue weighted by Crippen LogP contribution is 2.42. The summed E-state index contributed by atoms with van der Waals surface area (Å²) in [5.41, 5.74) is -1.23. The van der Waals surface area contributed by atoms with Crippen LogP contribution < -0.4 is 0 Å². The number of carboxylic acid groups (broad SMARTS) is 1. The fraction of sp³-hybridized carbons (Fsp3) is 0.471. The van der Waals surface area contributed by atoms with Crippen LogP contribution in [-0.2, 0) is 19.8 Å². The molecular formula is C17H18FNO4. The summed E-state index contributed by atoms with van der Waals surface area (Å²) in [7, 11) is 0. The van der Waals surface area contributed by atoms with Crippen molar-refractivity contribution in [1.29, 1.82) is 0 Å². The van der Waals surface area contributed by atoms with E-state index in [2.05, 4.69) is 0 Å². The highest BCUT2D eigenvalue weighted by Gasteiger charge is 2.55. The SMILES string of the molecule is O=C(O)C[C@]1(c2cccc(F)c2)CC(=O)N(C2CCCC2)C1=O. The van der Waals surface area contributed by atoms with Gasteiger partial charge in [-0.1, -0.05) is 25.0 Å². The summed E-state index contributed by atoms with van der Waals surface area (Å²) in [5.74, 6) is -2.58. The van der Waals surface area contributed by atoms with E-state index in [1.807, 2.05) is 0 Å². The van der Waals surface area contributed by atoms with Gasteiger partial charge >= 0.3 is 5.97 Å². The largest absolute Gasteiger partial charge is 0.481 e. The first-order chi connectivity index (χ1) is 10.9. The molecule has 5 nitrogen and oxygen atoms in total. The molecule has 1 N–H and O–H groups in total. The first-order valence-electron chi connectivity index (χ1n) is 7.78. The number of carbonyl (C=O) groups excluding carboxylic acids is 2. The lowest BCUT2D eigenvalue weighted by Gasteiger charge is -2.28. The zero-order chi connectivity index (χ0) is 16.6. The molecule has 1 atom stereocenters. The van der Waals surface area contributed by atoms with Gasteiger partial charge in [0.1, 0.15) is 5.82 Å². The summed E-state index contributed by atoms with van der Waals surface area (Å²) in [6.45, 7) is 0. The Hall–Kier alpha value is -2.24. The number of amides is 2. The number of likely N-dealkylation sites (tertiary alicyclic amines) is 1. The normalized spacial score (nSPS) is 25.3. The van der Waals surface area contributed by atoms with Crippen LogP contribution in [0.15, 0.2) is 24.3 Å². The van der Waals surface area contributed by atoms with Gasteiger partial charge in [-0.3, -0.25) is 19.3 Å². The highest BCUT2D eigenvalue weighted by molar-refractivity contribution is 6.10. The molecular weight excluding hydrogens is 301 g/mol. The highest BCUT2D eigenvalue weighted by atomic mass is 19.1. The molecule has 2 aliphatic rings. The van der Waals surface area contributed by atoms with Crippen LogP contribution >= 0.6 is 0 Å². The molecule has 3 rings (SSSR count). The minimum atomic E-state index is -1.49. The molecule has 0 unspecified atom stereocenters. The van der Waals surface area contributed by atoms with Crippen LogP contribution in [0.4, 0.5) is 4.39 Å². The molecule has 1 aliphatic carbocycles. The smallest absolute Gasteiger partial charge is 0.304 e. The van der Waals surface area contributed by atoms with Gasteiger partial charge in [0.2, 0.25) is 11.8 Å². The minimum Gasteiger partial charge on any atom is -0.481 e. The fourth-order valence-corrected chi connectivity index (χ4v) is 3.80. The number of halogens is 1. The third kappa shape index (κ3) is 2.62. The predicted molar refractivity (Wildman–Crippen MR) is 79.1 cm³/mol. The van der Waals surface area contributed by atoms with E-state index in [4.69, 9.17) is 0 Å². The monoisotopic (exact) mass is 319 g/mol. The van der Waals surface area contributed by atoms with Crippen LogP contribution in [0.1, 0.15) is 44.1 Å². The van der Waals surface area contributed by atoms with Gasteiger partial charge in [-0.25, -0.2) is 4.39 Å². The van der Waals surface area contributed by atoms with E-state index in [0.29, 0.717) is 0 Å². The van der Waals surface area contributed by atoms with Crippen molar-refractivity contribution in [1.82, 2.24) is 4.90 Å². The van der Waals surface area contributed by atoms with Gasteiger partial charge in [0, 0.05) is 12.5 Å². The van der Waals surface area contributed by atoms with Crippen molar-refractivity contribution in [2.24, 2.45) is 0 Å². The molecule has 0 aromatic heterocycles. The number of hydrogen-bond donors (Lipinski definition) is 1. The molecule has 1 saturated heterocycles. The van der Waals surface area contributed by atoms with Crippen molar-refractivity contribution < 1.29 is 23.9 Å². The van der Waals surface area contributed by atoms with Crippen LogP contribution in [0.3, 0.4) is 0 Å². The molecule has 1 saturated carbocycles. The minimum absolute atomic E-state index is 0.153. The van der Waals surface area contributed by atoms with Crippen LogP contribution in [0, 0.1) is 5.82 Å². The van der Waals surface area contributed by atoms with Crippen LogP contribution in [-0.4, -0.2) is 33.8 Å². The topological polar surface area (TPSA) is 74.7 Å². The number of hydrogen-bond acceptors (Lipinski definition) is 3. The Morgan fingerprint density at radius 2 is 2.00 bits per heavy atom. The van der Waals surface area contributed by atoms with Crippen molar-refractivity contribution in [3.63, 3.8) is 0 Å². The van der Waals surface area contributed by atoms with E-state index in [1.165, 1.54) is 23.1 Å². The number of aliphatic carboxylic acids is 1. The van der Waals surface area contributed by atoms with Crippen LogP contribution in [0.25, 0.3) is 0 Å². The summed E-state index contributed by atoms with van der Waals surface area (Å²) >= 11 is 0. The van der Waals surface area contributed by atoms with E-state index in [9.17, 15) is 23.9 Å². The average molecular weight is 319 g/mol. The molecule has 122 valence electrons. The Morgan fingerprint density at radius 1 is 1.30 bits per heavy atom. The second kappa shape index (κ2) is 5.76. The van der Waals surface area contributed by atoms with Gasteiger partial charge in [-0.2, -0.15) is 0 Å². The number of carboxylic acids is 1. The lowest BCUT2D eigenvalue weighted by Crippen LogP contribution is -2.44. The summed E-state index contributed by atoms with van der Waals surface area (Å²) in [4.78, 5) is 38.0. The van der Waals surface area contributed by atoms with E-state index in [0.717, 1.165) is 31.7 Å². The predicted octanol–water partition coefficient (Wildman–Crippen LogP) is 2.24. The maximum atomic E-state index is 13.6. The molecule has 1 heterocycles. The first kappa shape index (κ1) is 15.6. The van der Waals surface area contributed by atoms with Crippen molar-refractivity contribution in [3.05, 3.63) is 35.6 Å². The lowest BCUT2D eigenvalue weighted by molar-refractivity contribution is -0.146. The summed E-state index contributed by atoms with van der Waals surface area (Å²) < 4.78 is 13.6. The molecule has 0 radical (unpaired) electrons. The molecule has 0 bridgehead atoms. The van der Waals surface area contributed by atoms with Crippen molar-refractivity contribution in [2.75, 3.05) is 0 Å². The number of imide groups is 1. The number of carbonyl (C=O) groups is 3. The summed E-state index contributed by atoms with van der Waals surface area (Å²) in [6.07, 6.45) is 2.69. The second-order valence-electron chi connectivity index (χ2n) is 6.35. The Morgan fingerprint density at radius 3 is 2.61 bits per heavy atom. The Bertz CT molecular complexity index is 668. The second-order valence-corrected chi connectivity index (χ2v) is 6.35. The third-order valence-electron chi connectivity index (χ3n) is 4.87. The Labute approximate surface area is 133 Å². The van der Waals surface area contributed by atoms with Gasteiger partial charge in [-0.05, 0) is 30.5 Å². The van der Waals surface area contributed by atoms with Crippen molar-refractivity contribution in [2.45, 2.75) is 50.0 Å². The molecule has 2 fully saturated rings. The zero-order valence-electron chi connectivity index (χ0n) is 12.6. The van der Waals surface area contributed by atoms with Crippen LogP contribution in [0.2, 0.25) is 0 Å². The summed E-state index contributed by atoms with van der Waals surface area (Å²) in [5, 5.41) is 9.25. The van der Waals surface area contributed by atoms with Crippen LogP contribution in [0.5, 0.6) is 0 Å². The third-order valence-corrected chi connectivity index (χ3v) is 4.87. The molecule has 1 aliphatic heterocycles. The van der Waals surface area contributed by atoms with E-state index in [-0.39, 0.29) is 23.9 Å². The van der Waals surface area contributed by atoms with Crippen molar-refractivity contribution >= 4 is 17.8 Å². The van der Waals surface area contributed by atoms with Gasteiger partial charge in [0.25, 0.3) is 0 Å². The molecule has 0 spiro atoms. The van der Waals surface area contributed by atoms with E-state index < -0.39 is 29.5 Å². The quantitative estimate of drug-likeness (QED) is 0.864. The number of nitrogens with zero attached hydrogens (tertiary/aromatic N) is 1. The Kier molecular flexibility index (Phi) is 3.92. The molecule has 23 heavy (non-hydrogen) atoms. The standard InChI is InChI=1S/C17H18FNO4/c18-12-5-3-4-11(8-12)17(10-15(21)22)9-14(20)19(16(17)23)13-6-1-2-7-13/h3-5,8,13H,1-2,6-7,9-10H2,(H,21,22)/t17-/m0/s1. The zero-order valence-corrected chi connectivity index (χ0v) is 12.6. The number of benzene rings is 1. The van der Waals surface area contributed by atoms with Gasteiger partial charge < -0.3 is 5.11 Å². The molecule has 6 heteroatoms. The first-order valence-corrected chi connectivity index (χ1v) is 7.78. The maximum Gasteiger partial charge on any atom is 0.304 e. The fourth-order valence-electron chi connectivity index (χ4n) is 3.80. The van der Waals surface area contributed by atoms with Gasteiger partial charge in [0.15, 0.2) is 0 Å². The lowest BCUT2D eigenvalue weighted by atomic mass is 9.76. The van der Waals surface area contributed by atoms with E-state index >= 15 is 0 Å². The summed E-state index contributed by atoms with van der Waals surface area (Å²) in [6, 6.07) is 5.19. The van der Waals surface area contributed by atoms with E-state index in [1.54, 1.807) is 0 Å². The number of rotatable bonds is 4. The molecule has 2 amide bonds. The van der Waals surface area contributed by atoms with Crippen molar-refractivity contribution in [3.8, 4) is 0 Å². The molecule has 1 aromatic rings. The van der Waals surface area contributed by atoms with Gasteiger partial charge in [-0.15, -0.1) is 0 Å².